The van der Waals surface area contributed by atoms with Crippen LogP contribution >= 0.6 is 0 Å². The zero-order valence-electron chi connectivity index (χ0n) is 7.46. The summed E-state index contributed by atoms with van der Waals surface area (Å²) in [6.07, 6.45) is 1.31. The van der Waals surface area contributed by atoms with Gasteiger partial charge in [-0.3, -0.25) is 10.2 Å². The maximum absolute atomic E-state index is 10.7. The molecule has 0 aliphatic rings. The largest absolute Gasteiger partial charge is 0.388 e. The van der Waals surface area contributed by atoms with Crippen LogP contribution in [0.3, 0.4) is 0 Å². The van der Waals surface area contributed by atoms with E-state index in [0.29, 0.717) is 13.2 Å². The van der Waals surface area contributed by atoms with Crippen molar-refractivity contribution in [1.82, 2.24) is 5.32 Å². The smallest absolute Gasteiger partial charge is 0.253 e. The van der Waals surface area contributed by atoms with Crippen LogP contribution in [0.25, 0.3) is 0 Å². The molecule has 0 radical (unpaired) electrons. The number of nitrogens with two attached hydrogens (primary N) is 2. The SMILES string of the molecule is COCCN/C=C(\C(=N)N)C(N)=O. The van der Waals surface area contributed by atoms with Gasteiger partial charge in [-0.25, -0.2) is 0 Å². The van der Waals surface area contributed by atoms with E-state index in [9.17, 15) is 4.79 Å². The highest BCUT2D eigenvalue weighted by atomic mass is 16.5. The number of rotatable bonds is 6. The van der Waals surface area contributed by atoms with E-state index in [-0.39, 0.29) is 11.4 Å². The van der Waals surface area contributed by atoms with Gasteiger partial charge in [-0.2, -0.15) is 0 Å². The van der Waals surface area contributed by atoms with Gasteiger partial charge < -0.3 is 21.5 Å². The molecule has 0 bridgehead atoms. The molecule has 6 N–H and O–H groups in total. The molecular formula is C7H14N4O2. The van der Waals surface area contributed by atoms with Crippen molar-refractivity contribution in [3.8, 4) is 0 Å². The van der Waals surface area contributed by atoms with E-state index in [2.05, 4.69) is 5.32 Å². The molecule has 0 fully saturated rings. The Morgan fingerprint density at radius 1 is 1.62 bits per heavy atom. The quantitative estimate of drug-likeness (QED) is 0.175. The van der Waals surface area contributed by atoms with Crippen LogP contribution in [0.5, 0.6) is 0 Å². The van der Waals surface area contributed by atoms with Gasteiger partial charge in [0.05, 0.1) is 12.2 Å². The summed E-state index contributed by atoms with van der Waals surface area (Å²) in [7, 11) is 1.56. The molecule has 13 heavy (non-hydrogen) atoms. The molecule has 6 heteroatoms. The van der Waals surface area contributed by atoms with Gasteiger partial charge in [0.15, 0.2) is 0 Å². The Morgan fingerprint density at radius 3 is 2.62 bits per heavy atom. The first-order chi connectivity index (χ1) is 6.09. The lowest BCUT2D eigenvalue weighted by molar-refractivity contribution is -0.114. The second kappa shape index (κ2) is 6.01. The minimum absolute atomic E-state index is 0.0314. The summed E-state index contributed by atoms with van der Waals surface area (Å²) in [5.41, 5.74) is 10.0. The molecule has 6 nitrogen and oxygen atoms in total. The third kappa shape index (κ3) is 4.81. The van der Waals surface area contributed by atoms with Gasteiger partial charge in [-0.05, 0) is 0 Å². The minimum atomic E-state index is -0.725. The highest BCUT2D eigenvalue weighted by Crippen LogP contribution is 1.88. The molecule has 0 spiro atoms. The van der Waals surface area contributed by atoms with Crippen molar-refractivity contribution in [1.29, 1.82) is 5.41 Å². The fourth-order valence-electron chi connectivity index (χ4n) is 0.617. The first-order valence-electron chi connectivity index (χ1n) is 3.66. The Kier molecular flexibility index (Phi) is 5.29. The maximum Gasteiger partial charge on any atom is 0.253 e. The van der Waals surface area contributed by atoms with Gasteiger partial charge in [0, 0.05) is 19.9 Å². The molecule has 0 aromatic heterocycles. The van der Waals surface area contributed by atoms with E-state index in [1.807, 2.05) is 0 Å². The van der Waals surface area contributed by atoms with Crippen LogP contribution in [0.2, 0.25) is 0 Å². The van der Waals surface area contributed by atoms with Crippen LogP contribution in [0.4, 0.5) is 0 Å². The van der Waals surface area contributed by atoms with Crippen molar-refractivity contribution >= 4 is 11.7 Å². The number of amidine groups is 1. The van der Waals surface area contributed by atoms with E-state index in [4.69, 9.17) is 21.6 Å². The van der Waals surface area contributed by atoms with Gasteiger partial charge in [0.25, 0.3) is 5.91 Å². The van der Waals surface area contributed by atoms with Gasteiger partial charge >= 0.3 is 0 Å². The summed E-state index contributed by atoms with van der Waals surface area (Å²) in [6.45, 7) is 1.03. The summed E-state index contributed by atoms with van der Waals surface area (Å²) >= 11 is 0. The lowest BCUT2D eigenvalue weighted by atomic mass is 10.2. The van der Waals surface area contributed by atoms with Gasteiger partial charge in [0.1, 0.15) is 5.84 Å². The molecule has 0 aliphatic carbocycles. The van der Waals surface area contributed by atoms with Crippen molar-refractivity contribution in [2.75, 3.05) is 20.3 Å². The summed E-state index contributed by atoms with van der Waals surface area (Å²) in [6, 6.07) is 0. The number of ether oxygens (including phenoxy) is 1. The van der Waals surface area contributed by atoms with Crippen LogP contribution in [0, 0.1) is 5.41 Å². The Bertz CT molecular complexity index is 209. The second-order valence-electron chi connectivity index (χ2n) is 2.28. The number of carbonyl (C=O) groups excluding carboxylic acids is 1. The number of carbonyl (C=O) groups is 1. The van der Waals surface area contributed by atoms with Crippen LogP contribution < -0.4 is 16.8 Å². The van der Waals surface area contributed by atoms with Gasteiger partial charge in [-0.1, -0.05) is 0 Å². The van der Waals surface area contributed by atoms with Crippen molar-refractivity contribution in [2.45, 2.75) is 0 Å². The molecular weight excluding hydrogens is 172 g/mol. The second-order valence-corrected chi connectivity index (χ2v) is 2.28. The normalized spacial score (nSPS) is 11.0. The van der Waals surface area contributed by atoms with Crippen molar-refractivity contribution in [2.24, 2.45) is 11.5 Å². The summed E-state index contributed by atoms with van der Waals surface area (Å²) in [5, 5.41) is 9.74. The number of nitrogens with one attached hydrogen (secondary N) is 2. The number of methoxy groups -OCH3 is 1. The molecule has 0 aliphatic heterocycles. The lowest BCUT2D eigenvalue weighted by Gasteiger charge is -2.02. The predicted molar refractivity (Wildman–Crippen MR) is 49.1 cm³/mol. The maximum atomic E-state index is 10.7. The number of hydrogen-bond acceptors (Lipinski definition) is 4. The Morgan fingerprint density at radius 2 is 2.23 bits per heavy atom. The molecule has 0 saturated carbocycles. The third-order valence-electron chi connectivity index (χ3n) is 1.25. The summed E-state index contributed by atoms with van der Waals surface area (Å²) < 4.78 is 4.75. The van der Waals surface area contributed by atoms with Crippen LogP contribution in [0.15, 0.2) is 11.8 Å². The molecule has 0 aromatic carbocycles. The Labute approximate surface area is 76.4 Å². The van der Waals surface area contributed by atoms with Gasteiger partial charge in [-0.15, -0.1) is 0 Å². The van der Waals surface area contributed by atoms with E-state index < -0.39 is 5.91 Å². The van der Waals surface area contributed by atoms with Crippen molar-refractivity contribution in [3.05, 3.63) is 11.8 Å². The van der Waals surface area contributed by atoms with Crippen LogP contribution in [-0.4, -0.2) is 32.0 Å². The third-order valence-corrected chi connectivity index (χ3v) is 1.25. The molecule has 0 heterocycles. The van der Waals surface area contributed by atoms with E-state index in [1.165, 1.54) is 6.20 Å². The fraction of sp³-hybridized carbons (Fsp3) is 0.429. The van der Waals surface area contributed by atoms with Crippen LogP contribution in [-0.2, 0) is 9.53 Å². The minimum Gasteiger partial charge on any atom is -0.388 e. The molecule has 0 aromatic rings. The Hall–Kier alpha value is -1.56. The topological polar surface area (TPSA) is 114 Å². The zero-order valence-corrected chi connectivity index (χ0v) is 7.46. The van der Waals surface area contributed by atoms with Crippen molar-refractivity contribution < 1.29 is 9.53 Å². The van der Waals surface area contributed by atoms with E-state index in [0.717, 1.165) is 0 Å². The molecule has 0 unspecified atom stereocenters. The number of amides is 1. The van der Waals surface area contributed by atoms with Gasteiger partial charge in [0.2, 0.25) is 0 Å². The average Bonchev–Trinajstić information content (AvgIpc) is 2.02. The highest BCUT2D eigenvalue weighted by molar-refractivity contribution is 6.18. The molecule has 74 valence electrons. The van der Waals surface area contributed by atoms with Crippen LogP contribution in [0.1, 0.15) is 0 Å². The average molecular weight is 186 g/mol. The molecule has 0 rings (SSSR count). The van der Waals surface area contributed by atoms with E-state index >= 15 is 0 Å². The first kappa shape index (κ1) is 11.4. The zero-order chi connectivity index (χ0) is 10.3. The molecule has 1 amide bonds. The summed E-state index contributed by atoms with van der Waals surface area (Å²) in [4.78, 5) is 10.7. The molecule has 0 atom stereocenters. The fourth-order valence-corrected chi connectivity index (χ4v) is 0.617. The predicted octanol–water partition coefficient (Wildman–Crippen LogP) is -1.47. The monoisotopic (exact) mass is 186 g/mol. The molecule has 0 saturated heterocycles. The Balaban J connectivity index is 4.06. The standard InChI is InChI=1S/C7H14N4O2/c1-13-3-2-11-4-5(6(8)9)7(10)12/h4,11H,2-3H2,1H3,(H3,8,9)(H2,10,12)/b5-4+. The summed E-state index contributed by atoms with van der Waals surface area (Å²) in [5.74, 6) is -1.07. The number of hydrogen-bond donors (Lipinski definition) is 4. The first-order valence-corrected chi connectivity index (χ1v) is 3.66. The lowest BCUT2D eigenvalue weighted by Crippen LogP contribution is -2.28. The highest BCUT2D eigenvalue weighted by Gasteiger charge is 2.06. The van der Waals surface area contributed by atoms with Crippen molar-refractivity contribution in [3.63, 3.8) is 0 Å². The van der Waals surface area contributed by atoms with E-state index in [1.54, 1.807) is 7.11 Å². The number of primary amides is 1.